The van der Waals surface area contributed by atoms with Gasteiger partial charge in [-0.25, -0.2) is 4.98 Å². The lowest BCUT2D eigenvalue weighted by molar-refractivity contribution is 0.100. The number of nitrogens with zero attached hydrogens (tertiary/aromatic N) is 2. The second kappa shape index (κ2) is 6.68. The molecule has 3 N–H and O–H groups in total. The molecular formula is C15H18N4OS2. The SMILES string of the molecule is Cc1nc(Sc2ccc(N3CCNCC3)cc2)sc1C(N)=O. The fourth-order valence-electron chi connectivity index (χ4n) is 2.39. The molecule has 1 saturated heterocycles. The number of benzene rings is 1. The number of hydrogen-bond acceptors (Lipinski definition) is 6. The average molecular weight is 334 g/mol. The minimum atomic E-state index is -0.407. The van der Waals surface area contributed by atoms with Crippen molar-refractivity contribution in [1.82, 2.24) is 10.3 Å². The number of hydrogen-bond donors (Lipinski definition) is 2. The quantitative estimate of drug-likeness (QED) is 0.896. The molecule has 7 heteroatoms. The van der Waals surface area contributed by atoms with E-state index in [0.29, 0.717) is 10.6 Å². The molecule has 3 rings (SSSR count). The van der Waals surface area contributed by atoms with Gasteiger partial charge in [0.25, 0.3) is 5.91 Å². The van der Waals surface area contributed by atoms with E-state index in [0.717, 1.165) is 35.4 Å². The Morgan fingerprint density at radius 3 is 2.59 bits per heavy atom. The van der Waals surface area contributed by atoms with Crippen molar-refractivity contribution in [3.63, 3.8) is 0 Å². The van der Waals surface area contributed by atoms with Crippen LogP contribution in [-0.2, 0) is 0 Å². The lowest BCUT2D eigenvalue weighted by Crippen LogP contribution is -2.43. The standard InChI is InChI=1S/C15H18N4OS2/c1-10-13(14(16)20)22-15(18-10)21-12-4-2-11(3-5-12)19-8-6-17-7-9-19/h2-5,17H,6-9H2,1H3,(H2,16,20). The van der Waals surface area contributed by atoms with Crippen molar-refractivity contribution in [2.45, 2.75) is 16.2 Å². The number of primary amides is 1. The van der Waals surface area contributed by atoms with E-state index in [4.69, 9.17) is 5.73 Å². The third-order valence-electron chi connectivity index (χ3n) is 3.52. The molecule has 0 bridgehead atoms. The van der Waals surface area contributed by atoms with Crippen molar-refractivity contribution in [1.29, 1.82) is 0 Å². The van der Waals surface area contributed by atoms with E-state index in [1.54, 1.807) is 11.8 Å². The second-order valence-corrected chi connectivity index (χ2v) is 7.41. The molecule has 0 saturated carbocycles. The van der Waals surface area contributed by atoms with E-state index in [1.807, 2.05) is 6.92 Å². The highest BCUT2D eigenvalue weighted by Gasteiger charge is 2.14. The lowest BCUT2D eigenvalue weighted by atomic mass is 10.2. The zero-order chi connectivity index (χ0) is 15.5. The first-order chi connectivity index (χ1) is 10.6. The van der Waals surface area contributed by atoms with Gasteiger partial charge in [0.2, 0.25) is 0 Å². The minimum absolute atomic E-state index is 0.407. The van der Waals surface area contributed by atoms with Gasteiger partial charge >= 0.3 is 0 Å². The van der Waals surface area contributed by atoms with Crippen LogP contribution < -0.4 is 16.0 Å². The zero-order valence-corrected chi connectivity index (χ0v) is 14.0. The molecule has 0 radical (unpaired) electrons. The number of carbonyl (C=O) groups excluding carboxylic acids is 1. The monoisotopic (exact) mass is 334 g/mol. The fraction of sp³-hybridized carbons (Fsp3) is 0.333. The maximum atomic E-state index is 11.3. The topological polar surface area (TPSA) is 71.2 Å². The van der Waals surface area contributed by atoms with E-state index >= 15 is 0 Å². The highest BCUT2D eigenvalue weighted by molar-refractivity contribution is 8.01. The summed E-state index contributed by atoms with van der Waals surface area (Å²) in [5.41, 5.74) is 7.29. The second-order valence-electron chi connectivity index (χ2n) is 5.09. The summed E-state index contributed by atoms with van der Waals surface area (Å²) in [6, 6.07) is 8.48. The molecule has 2 heterocycles. The molecule has 1 fully saturated rings. The third-order valence-corrected chi connectivity index (χ3v) is 5.77. The normalized spacial score (nSPS) is 15.0. The van der Waals surface area contributed by atoms with Gasteiger partial charge < -0.3 is 16.0 Å². The van der Waals surface area contributed by atoms with Crippen LogP contribution >= 0.6 is 23.1 Å². The molecule has 1 aliphatic heterocycles. The first kappa shape index (κ1) is 15.3. The Bertz CT molecular complexity index is 663. The Morgan fingerprint density at radius 1 is 1.32 bits per heavy atom. The van der Waals surface area contributed by atoms with Crippen LogP contribution in [-0.4, -0.2) is 37.1 Å². The summed E-state index contributed by atoms with van der Waals surface area (Å²) in [4.78, 5) is 19.7. The molecule has 0 unspecified atom stereocenters. The smallest absolute Gasteiger partial charge is 0.260 e. The van der Waals surface area contributed by atoms with Crippen LogP contribution in [0.3, 0.4) is 0 Å². The molecule has 116 valence electrons. The molecule has 1 aliphatic rings. The molecule has 1 aromatic heterocycles. The lowest BCUT2D eigenvalue weighted by Gasteiger charge is -2.29. The number of piperazine rings is 1. The first-order valence-electron chi connectivity index (χ1n) is 7.14. The number of aromatic nitrogens is 1. The number of nitrogens with one attached hydrogen (secondary N) is 1. The number of amides is 1. The van der Waals surface area contributed by atoms with E-state index < -0.39 is 5.91 Å². The summed E-state index contributed by atoms with van der Waals surface area (Å²) < 4.78 is 0.848. The molecule has 0 spiro atoms. The van der Waals surface area contributed by atoms with E-state index in [1.165, 1.54) is 17.0 Å². The van der Waals surface area contributed by atoms with Crippen molar-refractivity contribution in [3.8, 4) is 0 Å². The average Bonchev–Trinajstić information content (AvgIpc) is 2.90. The van der Waals surface area contributed by atoms with Gasteiger partial charge in [0.05, 0.1) is 5.69 Å². The molecule has 22 heavy (non-hydrogen) atoms. The fourth-order valence-corrected chi connectivity index (χ4v) is 4.41. The maximum absolute atomic E-state index is 11.3. The van der Waals surface area contributed by atoms with Gasteiger partial charge in [-0.3, -0.25) is 4.79 Å². The Kier molecular flexibility index (Phi) is 4.66. The number of anilines is 1. The van der Waals surface area contributed by atoms with Crippen molar-refractivity contribution in [3.05, 3.63) is 34.8 Å². The highest BCUT2D eigenvalue weighted by atomic mass is 32.2. The van der Waals surface area contributed by atoms with Gasteiger partial charge in [-0.1, -0.05) is 11.8 Å². The largest absolute Gasteiger partial charge is 0.369 e. The van der Waals surface area contributed by atoms with Crippen LogP contribution in [0.4, 0.5) is 5.69 Å². The number of thiazole rings is 1. The molecule has 5 nitrogen and oxygen atoms in total. The van der Waals surface area contributed by atoms with Crippen molar-refractivity contribution < 1.29 is 4.79 Å². The number of aryl methyl sites for hydroxylation is 1. The summed E-state index contributed by atoms with van der Waals surface area (Å²) in [6.07, 6.45) is 0. The molecule has 0 atom stereocenters. The number of nitrogens with two attached hydrogens (primary N) is 1. The zero-order valence-electron chi connectivity index (χ0n) is 12.3. The highest BCUT2D eigenvalue weighted by Crippen LogP contribution is 2.33. The Hall–Kier alpha value is -1.57. The Morgan fingerprint density at radius 2 is 2.00 bits per heavy atom. The van der Waals surface area contributed by atoms with Crippen molar-refractivity contribution in [2.75, 3.05) is 31.1 Å². The van der Waals surface area contributed by atoms with E-state index in [2.05, 4.69) is 39.5 Å². The third kappa shape index (κ3) is 3.43. The number of rotatable bonds is 4. The van der Waals surface area contributed by atoms with Crippen LogP contribution in [0, 0.1) is 6.92 Å². The predicted octanol–water partition coefficient (Wildman–Crippen LogP) is 2.11. The summed E-state index contributed by atoms with van der Waals surface area (Å²) in [5, 5.41) is 3.35. The van der Waals surface area contributed by atoms with Crippen LogP contribution in [0.1, 0.15) is 15.4 Å². The van der Waals surface area contributed by atoms with E-state index in [9.17, 15) is 4.79 Å². The Labute approximate surface area is 137 Å². The van der Waals surface area contributed by atoms with Crippen molar-refractivity contribution in [2.24, 2.45) is 5.73 Å². The molecule has 1 amide bonds. The Balaban J connectivity index is 1.70. The van der Waals surface area contributed by atoms with Gasteiger partial charge in [-0.15, -0.1) is 11.3 Å². The number of carbonyl (C=O) groups is 1. The van der Waals surface area contributed by atoms with Gasteiger partial charge in [0.15, 0.2) is 4.34 Å². The summed E-state index contributed by atoms with van der Waals surface area (Å²) >= 11 is 2.92. The van der Waals surface area contributed by atoms with Crippen LogP contribution in [0.15, 0.2) is 33.5 Å². The molecule has 2 aromatic rings. The summed E-state index contributed by atoms with van der Waals surface area (Å²) in [5.74, 6) is -0.407. The molecular weight excluding hydrogens is 316 g/mol. The summed E-state index contributed by atoms with van der Waals surface area (Å²) in [7, 11) is 0. The van der Waals surface area contributed by atoms with Gasteiger partial charge in [-0.2, -0.15) is 0 Å². The summed E-state index contributed by atoms with van der Waals surface area (Å²) in [6.45, 7) is 5.96. The predicted molar refractivity (Wildman–Crippen MR) is 91.0 cm³/mol. The van der Waals surface area contributed by atoms with Crippen LogP contribution in [0.5, 0.6) is 0 Å². The van der Waals surface area contributed by atoms with Crippen molar-refractivity contribution >= 4 is 34.7 Å². The van der Waals surface area contributed by atoms with Crippen LogP contribution in [0.25, 0.3) is 0 Å². The first-order valence-corrected chi connectivity index (χ1v) is 8.77. The van der Waals surface area contributed by atoms with Crippen LogP contribution in [0.2, 0.25) is 0 Å². The minimum Gasteiger partial charge on any atom is -0.369 e. The van der Waals surface area contributed by atoms with E-state index in [-0.39, 0.29) is 0 Å². The van der Waals surface area contributed by atoms with Gasteiger partial charge in [0, 0.05) is 36.8 Å². The maximum Gasteiger partial charge on any atom is 0.260 e. The molecule has 1 aromatic carbocycles. The van der Waals surface area contributed by atoms with Gasteiger partial charge in [0.1, 0.15) is 4.88 Å². The molecule has 0 aliphatic carbocycles. The van der Waals surface area contributed by atoms with Gasteiger partial charge in [-0.05, 0) is 31.2 Å².